The lowest BCUT2D eigenvalue weighted by atomic mass is 10.1. The monoisotopic (exact) mass is 405 g/mol. The molecule has 4 rings (SSSR count). The van der Waals surface area contributed by atoms with Gasteiger partial charge in [0, 0.05) is 12.8 Å². The van der Waals surface area contributed by atoms with Crippen molar-refractivity contribution in [2.24, 2.45) is 0 Å². The van der Waals surface area contributed by atoms with E-state index in [2.05, 4.69) is 15.4 Å². The highest BCUT2D eigenvalue weighted by atomic mass is 16.5. The standard InChI is InChI=1S/C22H23N5O3/c28-21(10-11-22(29)27-12-13-30-20-9-5-4-8-19(20)27)25-18(14-26-16-23-15-24-26)17-6-2-1-3-7-17/h1-9,15-16,18H,10-14H2,(H,25,28). The van der Waals surface area contributed by atoms with E-state index in [1.807, 2.05) is 54.6 Å². The van der Waals surface area contributed by atoms with E-state index in [4.69, 9.17) is 4.74 Å². The van der Waals surface area contributed by atoms with Crippen molar-refractivity contribution in [3.05, 3.63) is 72.8 Å². The van der Waals surface area contributed by atoms with Gasteiger partial charge in [-0.15, -0.1) is 0 Å². The molecule has 1 atom stereocenters. The van der Waals surface area contributed by atoms with Gasteiger partial charge in [0.2, 0.25) is 11.8 Å². The Morgan fingerprint density at radius 3 is 2.67 bits per heavy atom. The van der Waals surface area contributed by atoms with Gasteiger partial charge in [-0.2, -0.15) is 5.10 Å². The predicted octanol–water partition coefficient (Wildman–Crippen LogP) is 2.34. The largest absolute Gasteiger partial charge is 0.490 e. The summed E-state index contributed by atoms with van der Waals surface area (Å²) in [5.41, 5.74) is 1.72. The van der Waals surface area contributed by atoms with Crippen molar-refractivity contribution < 1.29 is 14.3 Å². The van der Waals surface area contributed by atoms with E-state index in [1.54, 1.807) is 15.9 Å². The molecule has 1 aromatic heterocycles. The Hall–Kier alpha value is -3.68. The Morgan fingerprint density at radius 1 is 1.07 bits per heavy atom. The van der Waals surface area contributed by atoms with Crippen molar-refractivity contribution in [1.29, 1.82) is 0 Å². The summed E-state index contributed by atoms with van der Waals surface area (Å²) in [4.78, 5) is 31.0. The lowest BCUT2D eigenvalue weighted by Gasteiger charge is -2.29. The first-order chi connectivity index (χ1) is 14.7. The maximum absolute atomic E-state index is 12.7. The highest BCUT2D eigenvalue weighted by molar-refractivity contribution is 5.97. The second-order valence-electron chi connectivity index (χ2n) is 7.01. The van der Waals surface area contributed by atoms with Crippen LogP contribution in [0.4, 0.5) is 5.69 Å². The fourth-order valence-corrected chi connectivity index (χ4v) is 3.48. The molecule has 8 heteroatoms. The number of nitrogens with zero attached hydrogens (tertiary/aromatic N) is 4. The third-order valence-electron chi connectivity index (χ3n) is 4.97. The van der Waals surface area contributed by atoms with Crippen LogP contribution in [0.3, 0.4) is 0 Å². The molecular weight excluding hydrogens is 382 g/mol. The van der Waals surface area contributed by atoms with Crippen LogP contribution in [-0.2, 0) is 16.1 Å². The lowest BCUT2D eigenvalue weighted by Crippen LogP contribution is -2.39. The molecule has 0 saturated heterocycles. The predicted molar refractivity (Wildman–Crippen MR) is 111 cm³/mol. The number of anilines is 1. The smallest absolute Gasteiger partial charge is 0.227 e. The van der Waals surface area contributed by atoms with E-state index >= 15 is 0 Å². The van der Waals surface area contributed by atoms with Gasteiger partial charge >= 0.3 is 0 Å². The number of ether oxygens (including phenoxy) is 1. The van der Waals surface area contributed by atoms with Gasteiger partial charge in [-0.1, -0.05) is 42.5 Å². The SMILES string of the molecule is O=C(CCC(=O)N1CCOc2ccccc21)NC(Cn1cncn1)c1ccccc1. The van der Waals surface area contributed by atoms with Gasteiger partial charge in [-0.25, -0.2) is 4.98 Å². The number of carbonyl (C=O) groups is 2. The van der Waals surface area contributed by atoms with E-state index in [9.17, 15) is 9.59 Å². The van der Waals surface area contributed by atoms with Gasteiger partial charge in [0.1, 0.15) is 25.0 Å². The zero-order valence-electron chi connectivity index (χ0n) is 16.5. The Balaban J connectivity index is 1.37. The second-order valence-corrected chi connectivity index (χ2v) is 7.01. The lowest BCUT2D eigenvalue weighted by molar-refractivity contribution is -0.125. The van der Waals surface area contributed by atoms with Crippen LogP contribution in [-0.4, -0.2) is 39.7 Å². The van der Waals surface area contributed by atoms with Crippen molar-refractivity contribution in [1.82, 2.24) is 20.1 Å². The summed E-state index contributed by atoms with van der Waals surface area (Å²) in [5, 5.41) is 7.15. The molecular formula is C22H23N5O3. The molecule has 2 heterocycles. The van der Waals surface area contributed by atoms with Gasteiger partial charge in [0.05, 0.1) is 24.8 Å². The van der Waals surface area contributed by atoms with Crippen LogP contribution in [0.15, 0.2) is 67.3 Å². The highest BCUT2D eigenvalue weighted by Crippen LogP contribution is 2.31. The molecule has 0 fully saturated rings. The maximum Gasteiger partial charge on any atom is 0.227 e. The molecule has 0 saturated carbocycles. The molecule has 0 radical (unpaired) electrons. The quantitative estimate of drug-likeness (QED) is 0.652. The van der Waals surface area contributed by atoms with Crippen LogP contribution in [0.25, 0.3) is 0 Å². The third kappa shape index (κ3) is 4.65. The van der Waals surface area contributed by atoms with E-state index in [0.717, 1.165) is 11.3 Å². The van der Waals surface area contributed by atoms with E-state index in [0.29, 0.717) is 25.4 Å². The van der Waals surface area contributed by atoms with E-state index in [-0.39, 0.29) is 30.7 Å². The van der Waals surface area contributed by atoms with Crippen LogP contribution in [0.5, 0.6) is 5.75 Å². The van der Waals surface area contributed by atoms with Crippen molar-refractivity contribution in [2.75, 3.05) is 18.1 Å². The zero-order valence-corrected chi connectivity index (χ0v) is 16.5. The fraction of sp³-hybridized carbons (Fsp3) is 0.273. The summed E-state index contributed by atoms with van der Waals surface area (Å²) in [5.74, 6) is 0.422. The molecule has 0 bridgehead atoms. The molecule has 2 aromatic carbocycles. The average molecular weight is 405 g/mol. The van der Waals surface area contributed by atoms with Gasteiger partial charge in [0.25, 0.3) is 0 Å². The van der Waals surface area contributed by atoms with E-state index < -0.39 is 0 Å². The fourth-order valence-electron chi connectivity index (χ4n) is 3.48. The third-order valence-corrected chi connectivity index (χ3v) is 4.97. The Morgan fingerprint density at radius 2 is 1.87 bits per heavy atom. The number of rotatable bonds is 7. The Kier molecular flexibility index (Phi) is 6.03. The topological polar surface area (TPSA) is 89.4 Å². The zero-order chi connectivity index (χ0) is 20.8. The number of hydrogen-bond acceptors (Lipinski definition) is 5. The maximum atomic E-state index is 12.7. The van der Waals surface area contributed by atoms with Gasteiger partial charge in [-0.05, 0) is 17.7 Å². The summed E-state index contributed by atoms with van der Waals surface area (Å²) in [7, 11) is 0. The van der Waals surface area contributed by atoms with Crippen LogP contribution in [0, 0.1) is 0 Å². The van der Waals surface area contributed by atoms with Crippen LogP contribution >= 0.6 is 0 Å². The first-order valence-electron chi connectivity index (χ1n) is 9.89. The summed E-state index contributed by atoms with van der Waals surface area (Å²) >= 11 is 0. The number of benzene rings is 2. The molecule has 0 spiro atoms. The number of nitrogens with one attached hydrogen (secondary N) is 1. The summed E-state index contributed by atoms with van der Waals surface area (Å²) < 4.78 is 7.27. The first-order valence-corrected chi connectivity index (χ1v) is 9.89. The molecule has 8 nitrogen and oxygen atoms in total. The number of para-hydroxylation sites is 2. The molecule has 1 aliphatic rings. The average Bonchev–Trinajstić information content (AvgIpc) is 3.30. The van der Waals surface area contributed by atoms with Gasteiger partial charge < -0.3 is 15.0 Å². The summed E-state index contributed by atoms with van der Waals surface area (Å²) in [6.45, 7) is 1.39. The van der Waals surface area contributed by atoms with Crippen LogP contribution < -0.4 is 15.0 Å². The molecule has 1 N–H and O–H groups in total. The van der Waals surface area contributed by atoms with Crippen molar-refractivity contribution >= 4 is 17.5 Å². The number of fused-ring (bicyclic) bond motifs is 1. The molecule has 154 valence electrons. The van der Waals surface area contributed by atoms with Gasteiger partial charge in [-0.3, -0.25) is 14.3 Å². The molecule has 3 aromatic rings. The minimum Gasteiger partial charge on any atom is -0.490 e. The molecule has 30 heavy (non-hydrogen) atoms. The molecule has 1 aliphatic heterocycles. The van der Waals surface area contributed by atoms with Crippen molar-refractivity contribution in [3.63, 3.8) is 0 Å². The number of carbonyl (C=O) groups excluding carboxylic acids is 2. The van der Waals surface area contributed by atoms with Gasteiger partial charge in [0.15, 0.2) is 0 Å². The summed E-state index contributed by atoms with van der Waals surface area (Å²) in [6, 6.07) is 16.9. The number of aromatic nitrogens is 3. The van der Waals surface area contributed by atoms with Crippen molar-refractivity contribution in [2.45, 2.75) is 25.4 Å². The second kappa shape index (κ2) is 9.21. The van der Waals surface area contributed by atoms with Crippen molar-refractivity contribution in [3.8, 4) is 5.75 Å². The molecule has 0 aliphatic carbocycles. The van der Waals surface area contributed by atoms with Crippen LogP contribution in [0.1, 0.15) is 24.4 Å². The number of hydrogen-bond donors (Lipinski definition) is 1. The molecule has 2 amide bonds. The van der Waals surface area contributed by atoms with E-state index in [1.165, 1.54) is 6.33 Å². The Bertz CT molecular complexity index is 991. The number of amides is 2. The summed E-state index contributed by atoms with van der Waals surface area (Å²) in [6.07, 6.45) is 3.31. The molecule has 1 unspecified atom stereocenters. The van der Waals surface area contributed by atoms with Crippen LogP contribution in [0.2, 0.25) is 0 Å². The first kappa shape index (κ1) is 19.6. The Labute approximate surface area is 174 Å². The highest BCUT2D eigenvalue weighted by Gasteiger charge is 2.24. The normalized spacial score (nSPS) is 13.8. The minimum absolute atomic E-state index is 0.0894. The minimum atomic E-state index is -0.264.